The predicted octanol–water partition coefficient (Wildman–Crippen LogP) is 3.49. The molecule has 1 atom stereocenters. The number of hydrogen-bond acceptors (Lipinski definition) is 3. The van der Waals surface area contributed by atoms with Crippen molar-refractivity contribution in [2.45, 2.75) is 32.7 Å². The van der Waals surface area contributed by atoms with Crippen LogP contribution in [0.2, 0.25) is 0 Å². The first-order valence-corrected chi connectivity index (χ1v) is 7.40. The molecular formula is C12H18BrNO2S. The Labute approximate surface area is 114 Å². The van der Waals surface area contributed by atoms with Crippen molar-refractivity contribution >= 4 is 33.2 Å². The lowest BCUT2D eigenvalue weighted by Gasteiger charge is -2.10. The summed E-state index contributed by atoms with van der Waals surface area (Å²) in [6.45, 7) is 3.94. The van der Waals surface area contributed by atoms with Crippen molar-refractivity contribution in [1.82, 2.24) is 5.32 Å². The molecule has 0 saturated carbocycles. The third kappa shape index (κ3) is 6.81. The summed E-state index contributed by atoms with van der Waals surface area (Å²) >= 11 is 5.16. The van der Waals surface area contributed by atoms with Gasteiger partial charge in [-0.1, -0.05) is 6.92 Å². The van der Waals surface area contributed by atoms with Gasteiger partial charge in [0.25, 0.3) is 0 Å². The highest BCUT2D eigenvalue weighted by atomic mass is 79.9. The van der Waals surface area contributed by atoms with Gasteiger partial charge in [-0.05, 0) is 47.3 Å². The molecule has 1 aromatic rings. The number of carboxylic acids is 1. The second kappa shape index (κ2) is 7.84. The molecular weight excluding hydrogens is 302 g/mol. The van der Waals surface area contributed by atoms with Gasteiger partial charge in [0.15, 0.2) is 0 Å². The Bertz CT molecular complexity index is 354. The van der Waals surface area contributed by atoms with Crippen LogP contribution in [0.15, 0.2) is 15.9 Å². The second-order valence-electron chi connectivity index (χ2n) is 4.23. The fraction of sp³-hybridized carbons (Fsp3) is 0.583. The van der Waals surface area contributed by atoms with Gasteiger partial charge in [-0.15, -0.1) is 11.3 Å². The number of rotatable bonds is 8. The van der Waals surface area contributed by atoms with E-state index in [-0.39, 0.29) is 6.42 Å². The molecule has 0 aliphatic carbocycles. The van der Waals surface area contributed by atoms with Crippen molar-refractivity contribution in [3.05, 3.63) is 20.8 Å². The maximum atomic E-state index is 10.4. The first kappa shape index (κ1) is 14.7. The van der Waals surface area contributed by atoms with Crippen LogP contribution in [0, 0.1) is 5.92 Å². The largest absolute Gasteiger partial charge is 0.481 e. The van der Waals surface area contributed by atoms with Crippen LogP contribution in [0.3, 0.4) is 0 Å². The van der Waals surface area contributed by atoms with Crippen molar-refractivity contribution in [2.24, 2.45) is 5.92 Å². The van der Waals surface area contributed by atoms with Gasteiger partial charge >= 0.3 is 5.97 Å². The number of hydrogen-bond donors (Lipinski definition) is 2. The molecule has 2 N–H and O–H groups in total. The first-order chi connectivity index (χ1) is 8.08. The van der Waals surface area contributed by atoms with Gasteiger partial charge in [0, 0.05) is 27.7 Å². The van der Waals surface area contributed by atoms with Crippen molar-refractivity contribution in [3.63, 3.8) is 0 Å². The zero-order valence-electron chi connectivity index (χ0n) is 9.91. The fourth-order valence-electron chi connectivity index (χ4n) is 1.52. The van der Waals surface area contributed by atoms with Gasteiger partial charge in [-0.25, -0.2) is 0 Å². The summed E-state index contributed by atoms with van der Waals surface area (Å²) in [5.74, 6) is -0.234. The number of nitrogens with one attached hydrogen (secondary N) is 1. The highest BCUT2D eigenvalue weighted by Gasteiger charge is 2.05. The number of aliphatic carboxylic acids is 1. The first-order valence-electron chi connectivity index (χ1n) is 5.73. The minimum absolute atomic E-state index is 0.277. The minimum atomic E-state index is -0.701. The van der Waals surface area contributed by atoms with Gasteiger partial charge in [0.1, 0.15) is 0 Å². The Morgan fingerprint density at radius 3 is 2.94 bits per heavy atom. The molecule has 17 heavy (non-hydrogen) atoms. The Morgan fingerprint density at radius 2 is 2.35 bits per heavy atom. The summed E-state index contributed by atoms with van der Waals surface area (Å²) in [7, 11) is 0. The van der Waals surface area contributed by atoms with E-state index in [1.54, 1.807) is 11.3 Å². The molecule has 0 amide bonds. The molecule has 96 valence electrons. The SMILES string of the molecule is CC(CCNCc1cc(Br)cs1)CCC(=O)O. The second-order valence-corrected chi connectivity index (χ2v) is 6.15. The van der Waals surface area contributed by atoms with E-state index in [4.69, 9.17) is 5.11 Å². The number of carbonyl (C=O) groups is 1. The van der Waals surface area contributed by atoms with Crippen molar-refractivity contribution in [2.75, 3.05) is 6.54 Å². The lowest BCUT2D eigenvalue weighted by Crippen LogP contribution is -2.16. The van der Waals surface area contributed by atoms with Crippen LogP contribution < -0.4 is 5.32 Å². The van der Waals surface area contributed by atoms with E-state index in [0.717, 1.165) is 30.4 Å². The monoisotopic (exact) mass is 319 g/mol. The van der Waals surface area contributed by atoms with Gasteiger partial charge in [0.2, 0.25) is 0 Å². The van der Waals surface area contributed by atoms with Crippen molar-refractivity contribution in [3.8, 4) is 0 Å². The molecule has 1 unspecified atom stereocenters. The van der Waals surface area contributed by atoms with Crippen LogP contribution in [0.4, 0.5) is 0 Å². The van der Waals surface area contributed by atoms with Crippen LogP contribution in [0.1, 0.15) is 31.1 Å². The van der Waals surface area contributed by atoms with Crippen LogP contribution in [0.25, 0.3) is 0 Å². The van der Waals surface area contributed by atoms with E-state index in [2.05, 4.69) is 39.6 Å². The average molecular weight is 320 g/mol. The summed E-state index contributed by atoms with van der Waals surface area (Å²) < 4.78 is 1.13. The Morgan fingerprint density at radius 1 is 1.59 bits per heavy atom. The third-order valence-corrected chi connectivity index (χ3v) is 4.28. The molecule has 0 aliphatic heterocycles. The predicted molar refractivity (Wildman–Crippen MR) is 74.4 cm³/mol. The summed E-state index contributed by atoms with van der Waals surface area (Å²) in [6.07, 6.45) is 2.07. The molecule has 0 fully saturated rings. The van der Waals surface area contributed by atoms with E-state index in [1.807, 2.05) is 0 Å². The topological polar surface area (TPSA) is 49.3 Å². The summed E-state index contributed by atoms with van der Waals surface area (Å²) in [5, 5.41) is 14.0. The lowest BCUT2D eigenvalue weighted by atomic mass is 10.0. The normalized spacial score (nSPS) is 12.6. The molecule has 0 radical (unpaired) electrons. The van der Waals surface area contributed by atoms with Crippen LogP contribution >= 0.6 is 27.3 Å². The third-order valence-electron chi connectivity index (χ3n) is 2.59. The summed E-state index contributed by atoms with van der Waals surface area (Å²) in [4.78, 5) is 11.7. The molecule has 1 aromatic heterocycles. The average Bonchev–Trinajstić information content (AvgIpc) is 2.68. The summed E-state index contributed by atoms with van der Waals surface area (Å²) in [5.41, 5.74) is 0. The molecule has 1 rings (SSSR count). The van der Waals surface area contributed by atoms with E-state index in [9.17, 15) is 4.79 Å². The van der Waals surface area contributed by atoms with E-state index < -0.39 is 5.97 Å². The van der Waals surface area contributed by atoms with Crippen LogP contribution in [-0.4, -0.2) is 17.6 Å². The van der Waals surface area contributed by atoms with Gasteiger partial charge in [-0.2, -0.15) is 0 Å². The minimum Gasteiger partial charge on any atom is -0.481 e. The molecule has 0 spiro atoms. The standard InChI is InChI=1S/C12H18BrNO2S/c1-9(2-3-12(15)16)4-5-14-7-11-6-10(13)8-17-11/h6,8-9,14H,2-5,7H2,1H3,(H,15,16). The van der Waals surface area contributed by atoms with E-state index in [1.165, 1.54) is 4.88 Å². The molecule has 0 bridgehead atoms. The van der Waals surface area contributed by atoms with Gasteiger partial charge in [0.05, 0.1) is 0 Å². The quantitative estimate of drug-likeness (QED) is 0.721. The van der Waals surface area contributed by atoms with Crippen LogP contribution in [-0.2, 0) is 11.3 Å². The Kier molecular flexibility index (Phi) is 6.77. The number of thiophene rings is 1. The maximum Gasteiger partial charge on any atom is 0.303 e. The zero-order chi connectivity index (χ0) is 12.7. The fourth-order valence-corrected chi connectivity index (χ4v) is 2.94. The van der Waals surface area contributed by atoms with Crippen LogP contribution in [0.5, 0.6) is 0 Å². The molecule has 0 saturated heterocycles. The number of carboxylic acid groups (broad SMARTS) is 1. The molecule has 3 nitrogen and oxygen atoms in total. The molecule has 5 heteroatoms. The lowest BCUT2D eigenvalue weighted by molar-refractivity contribution is -0.137. The summed E-state index contributed by atoms with van der Waals surface area (Å²) in [6, 6.07) is 2.12. The Balaban J connectivity index is 2.05. The Hall–Kier alpha value is -0.390. The van der Waals surface area contributed by atoms with Gasteiger partial charge in [-0.3, -0.25) is 4.79 Å². The molecule has 0 aliphatic rings. The van der Waals surface area contributed by atoms with E-state index >= 15 is 0 Å². The van der Waals surface area contributed by atoms with Crippen molar-refractivity contribution in [1.29, 1.82) is 0 Å². The maximum absolute atomic E-state index is 10.4. The smallest absolute Gasteiger partial charge is 0.303 e. The van der Waals surface area contributed by atoms with E-state index in [0.29, 0.717) is 5.92 Å². The number of halogens is 1. The highest BCUT2D eigenvalue weighted by Crippen LogP contribution is 2.19. The zero-order valence-corrected chi connectivity index (χ0v) is 12.3. The highest BCUT2D eigenvalue weighted by molar-refractivity contribution is 9.10. The van der Waals surface area contributed by atoms with Gasteiger partial charge < -0.3 is 10.4 Å². The van der Waals surface area contributed by atoms with Crippen molar-refractivity contribution < 1.29 is 9.90 Å². The molecule has 1 heterocycles. The molecule has 0 aromatic carbocycles.